The van der Waals surface area contributed by atoms with E-state index in [-0.39, 0.29) is 11.5 Å². The molecule has 31 heavy (non-hydrogen) atoms. The molecule has 1 aliphatic rings. The molecule has 3 heterocycles. The van der Waals surface area contributed by atoms with Gasteiger partial charge in [0.2, 0.25) is 0 Å². The number of nitrogens with zero attached hydrogens (tertiary/aromatic N) is 3. The molecule has 1 amide bonds. The second-order valence-corrected chi connectivity index (χ2v) is 9.55. The number of thiazole rings is 1. The second-order valence-electron chi connectivity index (χ2n) is 7.13. The summed E-state index contributed by atoms with van der Waals surface area (Å²) in [4.78, 5) is 35.0. The van der Waals surface area contributed by atoms with Crippen molar-refractivity contribution in [1.82, 2.24) is 9.47 Å². The molecule has 5 nitrogen and oxygen atoms in total. The summed E-state index contributed by atoms with van der Waals surface area (Å²) in [7, 11) is 0. The molecular formula is C23H22ClN3O2S2. The van der Waals surface area contributed by atoms with E-state index < -0.39 is 6.04 Å². The molecule has 0 unspecified atom stereocenters. The largest absolute Gasteiger partial charge is 0.339 e. The van der Waals surface area contributed by atoms with Crippen LogP contribution in [0.4, 0.5) is 0 Å². The number of fused-ring (bicyclic) bond motifs is 1. The fourth-order valence-corrected chi connectivity index (χ4v) is 5.63. The maximum Gasteiger partial charge on any atom is 0.271 e. The molecule has 0 saturated carbocycles. The van der Waals surface area contributed by atoms with E-state index in [0.717, 1.165) is 10.4 Å². The van der Waals surface area contributed by atoms with Crippen LogP contribution in [0, 0.1) is 0 Å². The second kappa shape index (κ2) is 8.94. The first-order chi connectivity index (χ1) is 14.9. The van der Waals surface area contributed by atoms with Gasteiger partial charge < -0.3 is 4.90 Å². The number of allylic oxidation sites excluding steroid dienone is 1. The minimum atomic E-state index is -0.549. The summed E-state index contributed by atoms with van der Waals surface area (Å²) in [6.07, 6.45) is 1.89. The molecule has 0 bridgehead atoms. The van der Waals surface area contributed by atoms with Crippen LogP contribution in [-0.2, 0) is 4.79 Å². The number of hydrogen-bond acceptors (Lipinski definition) is 5. The molecule has 1 atom stereocenters. The highest BCUT2D eigenvalue weighted by molar-refractivity contribution is 7.11. The quantitative estimate of drug-likeness (QED) is 0.568. The number of aromatic nitrogens is 1. The highest BCUT2D eigenvalue weighted by Gasteiger charge is 2.34. The number of likely N-dealkylation sites (N-methyl/N-ethyl adjacent to an activating group) is 1. The molecule has 0 radical (unpaired) electrons. The Morgan fingerprint density at radius 3 is 2.55 bits per heavy atom. The zero-order valence-corrected chi connectivity index (χ0v) is 19.9. The normalized spacial score (nSPS) is 16.3. The van der Waals surface area contributed by atoms with Crippen molar-refractivity contribution in [2.45, 2.75) is 26.8 Å². The van der Waals surface area contributed by atoms with Crippen LogP contribution in [0.1, 0.15) is 37.3 Å². The number of thiophene rings is 1. The summed E-state index contributed by atoms with van der Waals surface area (Å²) in [6.45, 7) is 6.91. The highest BCUT2D eigenvalue weighted by Crippen LogP contribution is 2.31. The third-order valence-electron chi connectivity index (χ3n) is 5.31. The van der Waals surface area contributed by atoms with Crippen LogP contribution < -0.4 is 14.9 Å². The first-order valence-corrected chi connectivity index (χ1v) is 12.1. The van der Waals surface area contributed by atoms with Crippen molar-refractivity contribution >= 4 is 46.3 Å². The van der Waals surface area contributed by atoms with Crippen LogP contribution in [0.2, 0.25) is 5.02 Å². The molecule has 2 aromatic heterocycles. The Bertz CT molecular complexity index is 1310. The van der Waals surface area contributed by atoms with Crippen LogP contribution >= 0.6 is 34.3 Å². The fourth-order valence-electron chi connectivity index (χ4n) is 3.74. The number of carbonyl (C=O) groups excluding carboxylic acids is 1. The number of halogens is 1. The molecular weight excluding hydrogens is 450 g/mol. The third kappa shape index (κ3) is 4.05. The van der Waals surface area contributed by atoms with Crippen LogP contribution in [-0.4, -0.2) is 28.5 Å². The average Bonchev–Trinajstić information content (AvgIpc) is 3.37. The van der Waals surface area contributed by atoms with Gasteiger partial charge in [-0.05, 0) is 56.0 Å². The van der Waals surface area contributed by atoms with Crippen molar-refractivity contribution in [1.29, 1.82) is 0 Å². The zero-order valence-electron chi connectivity index (χ0n) is 17.5. The Morgan fingerprint density at radius 1 is 1.23 bits per heavy atom. The topological polar surface area (TPSA) is 54.7 Å². The molecule has 4 rings (SSSR count). The molecule has 0 N–H and O–H groups in total. The molecule has 160 valence electrons. The lowest BCUT2D eigenvalue weighted by Crippen LogP contribution is -2.43. The van der Waals surface area contributed by atoms with E-state index in [1.165, 1.54) is 11.3 Å². The van der Waals surface area contributed by atoms with Crippen LogP contribution in [0.5, 0.6) is 0 Å². The van der Waals surface area contributed by atoms with Crippen LogP contribution in [0.15, 0.2) is 62.8 Å². The molecule has 0 spiro atoms. The third-order valence-corrected chi connectivity index (χ3v) is 7.36. The Hall–Kier alpha value is -2.48. The van der Waals surface area contributed by atoms with Gasteiger partial charge in [-0.2, -0.15) is 0 Å². The maximum atomic E-state index is 13.5. The average molecular weight is 472 g/mol. The van der Waals surface area contributed by atoms with Crippen LogP contribution in [0.3, 0.4) is 0 Å². The van der Waals surface area contributed by atoms with E-state index in [1.807, 2.05) is 56.5 Å². The van der Waals surface area contributed by atoms with Gasteiger partial charge >= 0.3 is 0 Å². The zero-order chi connectivity index (χ0) is 22.1. The van der Waals surface area contributed by atoms with E-state index in [4.69, 9.17) is 11.6 Å². The van der Waals surface area contributed by atoms with Gasteiger partial charge in [0.1, 0.15) is 0 Å². The summed E-state index contributed by atoms with van der Waals surface area (Å²) in [5.41, 5.74) is 1.86. The summed E-state index contributed by atoms with van der Waals surface area (Å²) in [6, 6.07) is 10.7. The van der Waals surface area contributed by atoms with Crippen molar-refractivity contribution in [2.24, 2.45) is 4.99 Å². The Morgan fingerprint density at radius 2 is 1.94 bits per heavy atom. The van der Waals surface area contributed by atoms with Gasteiger partial charge in [-0.1, -0.05) is 41.1 Å². The predicted molar refractivity (Wildman–Crippen MR) is 127 cm³/mol. The summed E-state index contributed by atoms with van der Waals surface area (Å²) >= 11 is 9.04. The standard InChI is InChI=1S/C23H22ClN3O2S2/c1-4-26(5-2)22(29)19-14(3)25-23-27(20(19)15-8-10-16(24)11-9-15)21(28)18(31-23)13-17-7-6-12-30-17/h6-13,20H,4-5H2,1-3H3/b18-13+/t20-/m1/s1. The van der Waals surface area contributed by atoms with E-state index >= 15 is 0 Å². The lowest BCUT2D eigenvalue weighted by molar-refractivity contribution is -0.127. The Kier molecular flexibility index (Phi) is 6.27. The lowest BCUT2D eigenvalue weighted by Gasteiger charge is -2.29. The van der Waals surface area contributed by atoms with Gasteiger partial charge in [0.15, 0.2) is 4.80 Å². The van der Waals surface area contributed by atoms with Crippen molar-refractivity contribution in [2.75, 3.05) is 13.1 Å². The maximum absolute atomic E-state index is 13.5. The minimum absolute atomic E-state index is 0.0984. The van der Waals surface area contributed by atoms with E-state index in [0.29, 0.717) is 38.7 Å². The molecule has 1 aliphatic heterocycles. The summed E-state index contributed by atoms with van der Waals surface area (Å²) in [5.74, 6) is -0.0984. The molecule has 8 heteroatoms. The Labute approximate surface area is 193 Å². The van der Waals surface area contributed by atoms with Crippen molar-refractivity contribution < 1.29 is 4.79 Å². The molecule has 0 fully saturated rings. The number of carbonyl (C=O) groups is 1. The number of amides is 1. The van der Waals surface area contributed by atoms with Crippen LogP contribution in [0.25, 0.3) is 6.08 Å². The summed E-state index contributed by atoms with van der Waals surface area (Å²) < 4.78 is 2.25. The molecule has 1 aromatic carbocycles. The number of benzene rings is 1. The van der Waals surface area contributed by atoms with E-state index in [2.05, 4.69) is 4.99 Å². The summed E-state index contributed by atoms with van der Waals surface area (Å²) in [5, 5.41) is 2.58. The predicted octanol–water partition coefficient (Wildman–Crippen LogP) is 3.82. The van der Waals surface area contributed by atoms with Crippen molar-refractivity contribution in [3.63, 3.8) is 0 Å². The number of hydrogen-bond donors (Lipinski definition) is 0. The first-order valence-electron chi connectivity index (χ1n) is 10.0. The Balaban J connectivity index is 1.97. The monoisotopic (exact) mass is 471 g/mol. The van der Waals surface area contributed by atoms with Crippen molar-refractivity contribution in [3.05, 3.63) is 88.2 Å². The van der Waals surface area contributed by atoms with E-state index in [1.54, 1.807) is 32.9 Å². The van der Waals surface area contributed by atoms with E-state index in [9.17, 15) is 9.59 Å². The minimum Gasteiger partial charge on any atom is -0.339 e. The highest BCUT2D eigenvalue weighted by atomic mass is 35.5. The lowest BCUT2D eigenvalue weighted by atomic mass is 9.94. The van der Waals surface area contributed by atoms with Gasteiger partial charge in [-0.3, -0.25) is 14.2 Å². The van der Waals surface area contributed by atoms with Gasteiger partial charge in [-0.25, -0.2) is 4.99 Å². The molecule has 0 saturated heterocycles. The smallest absolute Gasteiger partial charge is 0.271 e. The van der Waals surface area contributed by atoms with Gasteiger partial charge in [0.25, 0.3) is 11.5 Å². The van der Waals surface area contributed by atoms with Crippen molar-refractivity contribution in [3.8, 4) is 0 Å². The fraction of sp³-hybridized carbons (Fsp3) is 0.261. The number of rotatable bonds is 5. The van der Waals surface area contributed by atoms with Gasteiger partial charge in [-0.15, -0.1) is 11.3 Å². The van der Waals surface area contributed by atoms with Gasteiger partial charge in [0, 0.05) is 23.0 Å². The SMILES string of the molecule is CCN(CC)C(=O)C1=C(C)N=c2s/c(=C/c3cccs3)c(=O)n2[C@@H]1c1ccc(Cl)cc1. The first kappa shape index (κ1) is 21.7. The van der Waals surface area contributed by atoms with Gasteiger partial charge in [0.05, 0.1) is 21.8 Å². The molecule has 0 aliphatic carbocycles. The molecule has 3 aromatic rings.